The maximum Gasteiger partial charge on any atom is 1.00 e. The van der Waals surface area contributed by atoms with Crippen molar-refractivity contribution in [1.82, 2.24) is 0 Å². The molecule has 0 aromatic heterocycles. The fourth-order valence-electron chi connectivity index (χ4n) is 1.41. The zero-order valence-corrected chi connectivity index (χ0v) is 10.2. The summed E-state index contributed by atoms with van der Waals surface area (Å²) in [5.41, 5.74) is -0.435. The van der Waals surface area contributed by atoms with Crippen LogP contribution in [0.3, 0.4) is 0 Å². The Morgan fingerprint density at radius 3 is 1.92 bits per heavy atom. The summed E-state index contributed by atoms with van der Waals surface area (Å²) < 4.78 is 0. The van der Waals surface area contributed by atoms with Gasteiger partial charge < -0.3 is 5.11 Å². The Labute approximate surface area is 99.5 Å². The van der Waals surface area contributed by atoms with Gasteiger partial charge in [-0.25, -0.2) is 0 Å². The molecule has 0 radical (unpaired) electrons. The van der Waals surface area contributed by atoms with E-state index < -0.39 is 0 Å². The van der Waals surface area contributed by atoms with Crippen LogP contribution in [0.1, 0.15) is 26.7 Å². The zero-order valence-electron chi connectivity index (χ0n) is 8.22. The van der Waals surface area contributed by atoms with Gasteiger partial charge in [0.25, 0.3) is 0 Å². The Hall–Kier alpha value is -0.120. The van der Waals surface area contributed by atoms with E-state index in [2.05, 4.69) is 0 Å². The van der Waals surface area contributed by atoms with Gasteiger partial charge in [0.1, 0.15) is 0 Å². The Balaban J connectivity index is 0.00000144. The van der Waals surface area contributed by atoms with Crippen LogP contribution in [0.25, 0.3) is 0 Å². The first-order chi connectivity index (χ1) is 5.46. The van der Waals surface area contributed by atoms with Gasteiger partial charge in [-0.1, -0.05) is 13.8 Å². The van der Waals surface area contributed by atoms with Gasteiger partial charge in [-0.3, -0.25) is 9.59 Å². The fraction of sp³-hybridized carbons (Fsp3) is 0.556. The Bertz CT molecular complexity index is 244. The van der Waals surface area contributed by atoms with E-state index in [1.165, 1.54) is 0 Å². The molecule has 0 unspecified atom stereocenters. The molecule has 0 heterocycles. The van der Waals surface area contributed by atoms with Crippen LogP contribution in [0, 0.1) is 5.41 Å². The van der Waals surface area contributed by atoms with Gasteiger partial charge in [0, 0.05) is 18.4 Å². The van der Waals surface area contributed by atoms with Crippen molar-refractivity contribution in [3.63, 3.8) is 0 Å². The van der Waals surface area contributed by atoms with Crippen LogP contribution in [0.2, 0.25) is 0 Å². The van der Waals surface area contributed by atoms with E-state index >= 15 is 0 Å². The maximum atomic E-state index is 11.2. The predicted molar refractivity (Wildman–Crippen MR) is 41.1 cm³/mol. The van der Waals surface area contributed by atoms with Crippen molar-refractivity contribution >= 4 is 11.6 Å². The molecule has 0 saturated heterocycles. The third-order valence-electron chi connectivity index (χ3n) is 2.00. The van der Waals surface area contributed by atoms with Crippen molar-refractivity contribution in [2.45, 2.75) is 26.7 Å². The molecule has 1 saturated carbocycles. The van der Waals surface area contributed by atoms with Gasteiger partial charge in [-0.2, -0.15) is 0 Å². The summed E-state index contributed by atoms with van der Waals surface area (Å²) in [5.74, 6) is -0.627. The van der Waals surface area contributed by atoms with Crippen LogP contribution >= 0.6 is 0 Å². The summed E-state index contributed by atoms with van der Waals surface area (Å²) in [5, 5.41) is 10.3. The Kier molecular flexibility index (Phi) is 4.36. The van der Waals surface area contributed by atoms with E-state index in [0.717, 1.165) is 0 Å². The molecule has 0 atom stereocenters. The van der Waals surface area contributed by atoms with Crippen LogP contribution in [0.5, 0.6) is 0 Å². The third kappa shape index (κ3) is 2.93. The van der Waals surface area contributed by atoms with Crippen LogP contribution in [0.15, 0.2) is 11.8 Å². The molecule has 1 fully saturated rings. The number of allylic oxidation sites excluding steroid dienone is 1. The summed E-state index contributed by atoms with van der Waals surface area (Å²) in [6.07, 6.45) is 0.972. The largest absolute Gasteiger partial charge is 1.00 e. The van der Waals surface area contributed by atoms with Crippen molar-refractivity contribution in [1.29, 1.82) is 0 Å². The molecule has 0 N–H and O–H groups in total. The molecule has 0 aromatic rings. The minimum Gasteiger partial charge on any atom is -0.877 e. The van der Waals surface area contributed by atoms with Crippen LogP contribution in [0.4, 0.5) is 0 Å². The predicted octanol–water partition coefficient (Wildman–Crippen LogP) is -2.81. The molecule has 0 spiro atoms. The number of rotatable bonds is 0. The van der Waals surface area contributed by atoms with Crippen LogP contribution < -0.4 is 34.7 Å². The van der Waals surface area contributed by atoms with Crippen molar-refractivity contribution in [2.24, 2.45) is 5.41 Å². The van der Waals surface area contributed by atoms with Gasteiger partial charge in [-0.15, -0.1) is 6.26 Å². The molecular formula is C9H11NaO3. The molecule has 0 amide bonds. The number of carbonyl (C=O) groups excluding carboxylic acids is 2. The molecule has 1 aliphatic carbocycles. The van der Waals surface area contributed by atoms with Gasteiger partial charge in [0.05, 0.1) is 0 Å². The molecule has 1 aliphatic rings. The normalized spacial score (nSPS) is 20.9. The molecule has 66 valence electrons. The van der Waals surface area contributed by atoms with E-state index in [-0.39, 0.29) is 52.1 Å². The van der Waals surface area contributed by atoms with E-state index in [1.807, 2.05) is 13.8 Å². The molecule has 0 aliphatic heterocycles. The van der Waals surface area contributed by atoms with Crippen LogP contribution in [-0.4, -0.2) is 11.6 Å². The fourth-order valence-corrected chi connectivity index (χ4v) is 1.41. The second kappa shape index (κ2) is 4.40. The number of Topliss-reactive ketones (excluding diaryl/α,β-unsaturated/α-hetero) is 2. The average Bonchev–Trinajstić information content (AvgIpc) is 1.82. The van der Waals surface area contributed by atoms with Crippen molar-refractivity contribution in [3.05, 3.63) is 11.8 Å². The minimum absolute atomic E-state index is 0. The van der Waals surface area contributed by atoms with Crippen molar-refractivity contribution in [3.8, 4) is 0 Å². The van der Waals surface area contributed by atoms with E-state index in [1.54, 1.807) is 0 Å². The Morgan fingerprint density at radius 2 is 1.62 bits per heavy atom. The van der Waals surface area contributed by atoms with Crippen molar-refractivity contribution in [2.75, 3.05) is 0 Å². The van der Waals surface area contributed by atoms with Gasteiger partial charge in [-0.05, 0) is 5.41 Å². The molecular weight excluding hydrogens is 179 g/mol. The summed E-state index contributed by atoms with van der Waals surface area (Å²) in [4.78, 5) is 22.3. The monoisotopic (exact) mass is 190 g/mol. The summed E-state index contributed by atoms with van der Waals surface area (Å²) >= 11 is 0. The Morgan fingerprint density at radius 1 is 1.23 bits per heavy atom. The summed E-state index contributed by atoms with van der Waals surface area (Å²) in [6, 6.07) is 0. The zero-order chi connectivity index (χ0) is 9.35. The summed E-state index contributed by atoms with van der Waals surface area (Å²) in [7, 11) is 0. The molecule has 0 aromatic carbocycles. The smallest absolute Gasteiger partial charge is 0.877 e. The standard InChI is InChI=1S/C9H12O3.Na/c1-9(2)3-7(11)6(5-10)8(12)4-9;/h5,10H,3-4H2,1-2H3;/q;+1/p-1. The molecule has 3 nitrogen and oxygen atoms in total. The SMILES string of the molecule is CC1(C)CC(=O)C(=C[O-])C(=O)C1.[Na+]. The molecule has 1 rings (SSSR count). The van der Waals surface area contributed by atoms with E-state index in [4.69, 9.17) is 0 Å². The number of hydrogen-bond acceptors (Lipinski definition) is 3. The van der Waals surface area contributed by atoms with Gasteiger partial charge in [0.2, 0.25) is 0 Å². The second-order valence-electron chi connectivity index (χ2n) is 3.90. The second-order valence-corrected chi connectivity index (χ2v) is 3.90. The maximum absolute atomic E-state index is 11.2. The number of ketones is 2. The van der Waals surface area contributed by atoms with Gasteiger partial charge in [0.15, 0.2) is 11.6 Å². The van der Waals surface area contributed by atoms with E-state index in [9.17, 15) is 14.7 Å². The first-order valence-electron chi connectivity index (χ1n) is 3.85. The topological polar surface area (TPSA) is 57.2 Å². The molecule has 4 heteroatoms. The first-order valence-corrected chi connectivity index (χ1v) is 3.85. The van der Waals surface area contributed by atoms with Crippen LogP contribution in [-0.2, 0) is 9.59 Å². The van der Waals surface area contributed by atoms with Gasteiger partial charge >= 0.3 is 29.6 Å². The molecule has 13 heavy (non-hydrogen) atoms. The summed E-state index contributed by atoms with van der Waals surface area (Å²) in [6.45, 7) is 3.70. The average molecular weight is 190 g/mol. The number of hydrogen-bond donors (Lipinski definition) is 0. The third-order valence-corrected chi connectivity index (χ3v) is 2.00. The quantitative estimate of drug-likeness (QED) is 0.179. The van der Waals surface area contributed by atoms with E-state index in [0.29, 0.717) is 19.1 Å². The number of carbonyl (C=O) groups is 2. The molecule has 0 bridgehead atoms. The van der Waals surface area contributed by atoms with Crippen molar-refractivity contribution < 1.29 is 44.3 Å². The first kappa shape index (κ1) is 12.9. The minimum atomic E-state index is -0.314.